The van der Waals surface area contributed by atoms with Gasteiger partial charge >= 0.3 is 6.03 Å². The number of nitrogens with one attached hydrogen (secondary N) is 1. The summed E-state index contributed by atoms with van der Waals surface area (Å²) in [7, 11) is 0. The molecule has 3 rings (SSSR count). The van der Waals surface area contributed by atoms with Crippen LogP contribution >= 0.6 is 0 Å². The Morgan fingerprint density at radius 1 is 1.12 bits per heavy atom. The van der Waals surface area contributed by atoms with E-state index in [1.807, 2.05) is 24.8 Å². The van der Waals surface area contributed by atoms with Gasteiger partial charge in [0, 0.05) is 30.2 Å². The zero-order valence-corrected chi connectivity index (χ0v) is 15.3. The molecule has 1 N–H and O–H groups in total. The summed E-state index contributed by atoms with van der Waals surface area (Å²) in [5.41, 5.74) is 5.65. The second-order valence-electron chi connectivity index (χ2n) is 7.18. The van der Waals surface area contributed by atoms with Gasteiger partial charge in [-0.05, 0) is 56.0 Å². The number of urea groups is 1. The van der Waals surface area contributed by atoms with Crippen LogP contribution in [0.15, 0.2) is 30.3 Å². The highest BCUT2D eigenvalue weighted by molar-refractivity contribution is 5.90. The SMILES string of the molecule is Cc1ccc(C)c(NC(=O)N2CCn3c(C)ccc3C2C(C)C)c1. The topological polar surface area (TPSA) is 37.3 Å². The lowest BCUT2D eigenvalue weighted by molar-refractivity contribution is 0.143. The number of aromatic nitrogens is 1. The summed E-state index contributed by atoms with van der Waals surface area (Å²) in [5.74, 6) is 0.364. The standard InChI is InChI=1S/C20H27N3O/c1-13(2)19-18-9-8-16(5)22(18)10-11-23(19)20(24)21-17-12-14(3)6-7-15(17)4/h6-9,12-13,19H,10-11H2,1-5H3,(H,21,24). The van der Waals surface area contributed by atoms with Crippen LogP contribution < -0.4 is 5.32 Å². The Morgan fingerprint density at radius 3 is 2.58 bits per heavy atom. The summed E-state index contributed by atoms with van der Waals surface area (Å²) in [4.78, 5) is 15.0. The monoisotopic (exact) mass is 325 g/mol. The largest absolute Gasteiger partial charge is 0.345 e. The molecule has 2 amide bonds. The van der Waals surface area contributed by atoms with E-state index >= 15 is 0 Å². The second-order valence-corrected chi connectivity index (χ2v) is 7.18. The van der Waals surface area contributed by atoms with Crippen molar-refractivity contribution >= 4 is 11.7 Å². The molecule has 0 saturated heterocycles. The Hall–Kier alpha value is -2.23. The van der Waals surface area contributed by atoms with Crippen LogP contribution in [0.2, 0.25) is 0 Å². The van der Waals surface area contributed by atoms with Crippen LogP contribution in [0.5, 0.6) is 0 Å². The minimum absolute atomic E-state index is 0.00694. The molecule has 1 aromatic carbocycles. The lowest BCUT2D eigenvalue weighted by Crippen LogP contribution is -2.46. The summed E-state index contributed by atoms with van der Waals surface area (Å²) in [6.45, 7) is 12.2. The number of carbonyl (C=O) groups is 1. The summed E-state index contributed by atoms with van der Waals surface area (Å²) >= 11 is 0. The number of carbonyl (C=O) groups excluding carboxylic acids is 1. The molecule has 0 spiro atoms. The number of anilines is 1. The summed E-state index contributed by atoms with van der Waals surface area (Å²) in [6.07, 6.45) is 0. The molecular formula is C20H27N3O. The number of hydrogen-bond acceptors (Lipinski definition) is 1. The van der Waals surface area contributed by atoms with E-state index in [1.54, 1.807) is 0 Å². The average Bonchev–Trinajstić information content (AvgIpc) is 2.91. The maximum atomic E-state index is 13.0. The van der Waals surface area contributed by atoms with Crippen LogP contribution in [-0.2, 0) is 6.54 Å². The molecule has 1 aliphatic rings. The van der Waals surface area contributed by atoms with Gasteiger partial charge < -0.3 is 14.8 Å². The molecule has 2 heterocycles. The predicted octanol–water partition coefficient (Wildman–Crippen LogP) is 4.66. The molecule has 1 atom stereocenters. The first kappa shape index (κ1) is 16.6. The van der Waals surface area contributed by atoms with E-state index < -0.39 is 0 Å². The number of hydrogen-bond donors (Lipinski definition) is 1. The smallest absolute Gasteiger partial charge is 0.322 e. The van der Waals surface area contributed by atoms with E-state index in [2.05, 4.69) is 54.9 Å². The van der Waals surface area contributed by atoms with E-state index in [0.29, 0.717) is 5.92 Å². The van der Waals surface area contributed by atoms with Crippen molar-refractivity contribution in [3.63, 3.8) is 0 Å². The van der Waals surface area contributed by atoms with Gasteiger partial charge in [0.05, 0.1) is 6.04 Å². The third-order valence-electron chi connectivity index (χ3n) is 4.96. The molecule has 0 aliphatic carbocycles. The van der Waals surface area contributed by atoms with Gasteiger partial charge in [0.25, 0.3) is 0 Å². The lowest BCUT2D eigenvalue weighted by Gasteiger charge is -2.39. The van der Waals surface area contributed by atoms with Crippen LogP contribution in [0.4, 0.5) is 10.5 Å². The first-order valence-electron chi connectivity index (χ1n) is 8.69. The van der Waals surface area contributed by atoms with Gasteiger partial charge in [-0.3, -0.25) is 0 Å². The molecule has 1 aliphatic heterocycles. The Balaban J connectivity index is 1.88. The lowest BCUT2D eigenvalue weighted by atomic mass is 9.97. The first-order valence-corrected chi connectivity index (χ1v) is 8.69. The van der Waals surface area contributed by atoms with Crippen LogP contribution in [0.3, 0.4) is 0 Å². The van der Waals surface area contributed by atoms with Crippen molar-refractivity contribution in [1.82, 2.24) is 9.47 Å². The highest BCUT2D eigenvalue weighted by Crippen LogP contribution is 2.34. The fraction of sp³-hybridized carbons (Fsp3) is 0.450. The second kappa shape index (κ2) is 6.34. The van der Waals surface area contributed by atoms with Gasteiger partial charge in [-0.25, -0.2) is 4.79 Å². The van der Waals surface area contributed by atoms with Crippen molar-refractivity contribution in [2.45, 2.75) is 47.2 Å². The zero-order chi connectivity index (χ0) is 17.4. The summed E-state index contributed by atoms with van der Waals surface area (Å²) in [6, 6.07) is 10.6. The van der Waals surface area contributed by atoms with Crippen molar-refractivity contribution in [3.05, 3.63) is 52.8 Å². The number of benzene rings is 1. The molecule has 128 valence electrons. The van der Waals surface area contributed by atoms with E-state index in [4.69, 9.17) is 0 Å². The van der Waals surface area contributed by atoms with Crippen LogP contribution in [-0.4, -0.2) is 22.0 Å². The average molecular weight is 325 g/mol. The Bertz CT molecular complexity index is 760. The molecular weight excluding hydrogens is 298 g/mol. The zero-order valence-electron chi connectivity index (χ0n) is 15.3. The maximum Gasteiger partial charge on any atom is 0.322 e. The van der Waals surface area contributed by atoms with Gasteiger partial charge in [-0.2, -0.15) is 0 Å². The number of aryl methyl sites for hydroxylation is 3. The summed E-state index contributed by atoms with van der Waals surface area (Å²) < 4.78 is 2.34. The highest BCUT2D eigenvalue weighted by atomic mass is 16.2. The Morgan fingerprint density at radius 2 is 1.88 bits per heavy atom. The number of rotatable bonds is 2. The Labute approximate surface area is 144 Å². The van der Waals surface area contributed by atoms with Crippen molar-refractivity contribution in [2.75, 3.05) is 11.9 Å². The third-order valence-corrected chi connectivity index (χ3v) is 4.96. The fourth-order valence-corrected chi connectivity index (χ4v) is 3.65. The maximum absolute atomic E-state index is 13.0. The van der Waals surface area contributed by atoms with Crippen molar-refractivity contribution in [3.8, 4) is 0 Å². The molecule has 4 heteroatoms. The van der Waals surface area contributed by atoms with Gasteiger partial charge in [0.2, 0.25) is 0 Å². The molecule has 4 nitrogen and oxygen atoms in total. The molecule has 1 unspecified atom stereocenters. The molecule has 0 radical (unpaired) electrons. The molecule has 0 saturated carbocycles. The van der Waals surface area contributed by atoms with Gasteiger partial charge in [0.15, 0.2) is 0 Å². The predicted molar refractivity (Wildman–Crippen MR) is 98.4 cm³/mol. The van der Waals surface area contributed by atoms with Gasteiger partial charge in [0.1, 0.15) is 0 Å². The minimum atomic E-state index is -0.00694. The van der Waals surface area contributed by atoms with E-state index in [-0.39, 0.29) is 12.1 Å². The van der Waals surface area contributed by atoms with Crippen LogP contribution in [0, 0.1) is 26.7 Å². The number of amides is 2. The third kappa shape index (κ3) is 2.93. The quantitative estimate of drug-likeness (QED) is 0.857. The molecule has 0 fully saturated rings. The van der Waals surface area contributed by atoms with Crippen LogP contribution in [0.1, 0.15) is 42.4 Å². The highest BCUT2D eigenvalue weighted by Gasteiger charge is 2.33. The normalized spacial score (nSPS) is 17.1. The Kier molecular flexibility index (Phi) is 4.39. The van der Waals surface area contributed by atoms with Gasteiger partial charge in [-0.15, -0.1) is 0 Å². The number of nitrogens with zero attached hydrogens (tertiary/aromatic N) is 2. The fourth-order valence-electron chi connectivity index (χ4n) is 3.65. The molecule has 2 aromatic rings. The van der Waals surface area contributed by atoms with Crippen LogP contribution in [0.25, 0.3) is 0 Å². The van der Waals surface area contributed by atoms with E-state index in [0.717, 1.165) is 29.9 Å². The summed E-state index contributed by atoms with van der Waals surface area (Å²) in [5, 5.41) is 3.12. The first-order chi connectivity index (χ1) is 11.4. The number of fused-ring (bicyclic) bond motifs is 1. The van der Waals surface area contributed by atoms with Crippen molar-refractivity contribution in [2.24, 2.45) is 5.92 Å². The van der Waals surface area contributed by atoms with Crippen molar-refractivity contribution < 1.29 is 4.79 Å². The van der Waals surface area contributed by atoms with Gasteiger partial charge in [-0.1, -0.05) is 26.0 Å². The van der Waals surface area contributed by atoms with E-state index in [9.17, 15) is 4.79 Å². The molecule has 1 aromatic heterocycles. The molecule has 0 bridgehead atoms. The minimum Gasteiger partial charge on any atom is -0.345 e. The van der Waals surface area contributed by atoms with Crippen molar-refractivity contribution in [1.29, 1.82) is 0 Å². The van der Waals surface area contributed by atoms with E-state index in [1.165, 1.54) is 11.4 Å². The molecule has 24 heavy (non-hydrogen) atoms.